The SMILES string of the molecule is CS1(SCc2nc3cc(F)ccc3c(=O)[nH]2)C=Nc2ncccc21. The predicted molar refractivity (Wildman–Crippen MR) is 97.8 cm³/mol. The second-order valence-electron chi connectivity index (χ2n) is 5.40. The molecule has 1 atom stereocenters. The molecule has 0 spiro atoms. The Morgan fingerprint density at radius 1 is 1.33 bits per heavy atom. The Balaban J connectivity index is 1.64. The van der Waals surface area contributed by atoms with Gasteiger partial charge in [0.05, 0.1) is 22.2 Å². The number of rotatable bonds is 3. The van der Waals surface area contributed by atoms with Crippen molar-refractivity contribution in [2.24, 2.45) is 4.99 Å². The molecule has 0 amide bonds. The van der Waals surface area contributed by atoms with Crippen LogP contribution in [0.15, 0.2) is 51.2 Å². The van der Waals surface area contributed by atoms with Crippen molar-refractivity contribution in [3.63, 3.8) is 0 Å². The van der Waals surface area contributed by atoms with E-state index in [1.54, 1.807) is 17.0 Å². The molecule has 1 unspecified atom stereocenters. The Kier molecular flexibility index (Phi) is 3.65. The van der Waals surface area contributed by atoms with Crippen LogP contribution in [0.3, 0.4) is 0 Å². The van der Waals surface area contributed by atoms with Gasteiger partial charge in [-0.3, -0.25) is 4.79 Å². The van der Waals surface area contributed by atoms with Gasteiger partial charge in [-0.15, -0.1) is 9.06 Å². The quantitative estimate of drug-likeness (QED) is 0.722. The molecule has 8 heteroatoms. The fraction of sp³-hybridized carbons (Fsp3) is 0.125. The van der Waals surface area contributed by atoms with Crippen molar-refractivity contribution in [2.75, 3.05) is 6.26 Å². The van der Waals surface area contributed by atoms with Gasteiger partial charge in [-0.1, -0.05) is 10.8 Å². The largest absolute Gasteiger partial charge is 0.309 e. The van der Waals surface area contributed by atoms with Gasteiger partial charge in [0.1, 0.15) is 11.6 Å². The van der Waals surface area contributed by atoms with Gasteiger partial charge in [0.2, 0.25) is 0 Å². The van der Waals surface area contributed by atoms with E-state index in [1.165, 1.54) is 18.2 Å². The number of aromatic nitrogens is 3. The third kappa shape index (κ3) is 2.61. The summed E-state index contributed by atoms with van der Waals surface area (Å²) in [6.45, 7) is 0. The fourth-order valence-corrected chi connectivity index (χ4v) is 6.57. The van der Waals surface area contributed by atoms with Crippen molar-refractivity contribution < 1.29 is 4.39 Å². The van der Waals surface area contributed by atoms with Crippen LogP contribution in [0.2, 0.25) is 0 Å². The molecular formula is C16H13FN4OS2. The summed E-state index contributed by atoms with van der Waals surface area (Å²) in [5, 5.41) is 0.390. The lowest BCUT2D eigenvalue weighted by molar-refractivity contribution is 0.629. The molecular weight excluding hydrogens is 347 g/mol. The van der Waals surface area contributed by atoms with Crippen LogP contribution < -0.4 is 5.56 Å². The van der Waals surface area contributed by atoms with Crippen molar-refractivity contribution in [2.45, 2.75) is 10.6 Å². The molecule has 0 aliphatic carbocycles. The van der Waals surface area contributed by atoms with E-state index in [0.717, 1.165) is 10.7 Å². The average molecular weight is 360 g/mol. The average Bonchev–Trinajstić information content (AvgIpc) is 2.91. The number of nitrogens with one attached hydrogen (secondary N) is 1. The second-order valence-corrected chi connectivity index (χ2v) is 11.2. The number of H-pyrrole nitrogens is 1. The van der Waals surface area contributed by atoms with Gasteiger partial charge in [-0.25, -0.2) is 19.4 Å². The fourth-order valence-electron chi connectivity index (χ4n) is 2.50. The number of aromatic amines is 1. The summed E-state index contributed by atoms with van der Waals surface area (Å²) in [5.41, 5.74) is 2.06. The van der Waals surface area contributed by atoms with Gasteiger partial charge in [-0.2, -0.15) is 0 Å². The maximum absolute atomic E-state index is 13.4. The summed E-state index contributed by atoms with van der Waals surface area (Å²) in [6.07, 6.45) is 3.86. The van der Waals surface area contributed by atoms with Crippen LogP contribution in [0.4, 0.5) is 10.2 Å². The zero-order valence-corrected chi connectivity index (χ0v) is 14.3. The van der Waals surface area contributed by atoms with E-state index >= 15 is 0 Å². The molecule has 5 nitrogen and oxygen atoms in total. The minimum absolute atomic E-state index is 0.252. The molecule has 0 fully saturated rings. The molecule has 0 bridgehead atoms. The van der Waals surface area contributed by atoms with Gasteiger partial charge < -0.3 is 4.98 Å². The van der Waals surface area contributed by atoms with Crippen LogP contribution in [0.25, 0.3) is 10.9 Å². The third-order valence-electron chi connectivity index (χ3n) is 3.72. The van der Waals surface area contributed by atoms with Crippen LogP contribution in [0.5, 0.6) is 0 Å². The number of hydrogen-bond acceptors (Lipinski definition) is 5. The topological polar surface area (TPSA) is 71.0 Å². The zero-order chi connectivity index (χ0) is 16.7. The first-order valence-electron chi connectivity index (χ1n) is 7.15. The number of aliphatic imine (C=N–C) groups is 1. The number of hydrogen-bond donors (Lipinski definition) is 1. The Morgan fingerprint density at radius 3 is 3.08 bits per heavy atom. The first-order chi connectivity index (χ1) is 11.5. The molecule has 0 saturated heterocycles. The van der Waals surface area contributed by atoms with E-state index in [9.17, 15) is 9.18 Å². The molecule has 2 aromatic heterocycles. The van der Waals surface area contributed by atoms with E-state index in [1.807, 2.05) is 17.7 Å². The smallest absolute Gasteiger partial charge is 0.258 e. The van der Waals surface area contributed by atoms with Crippen LogP contribution in [0.1, 0.15) is 5.82 Å². The third-order valence-corrected chi connectivity index (χ3v) is 8.92. The zero-order valence-electron chi connectivity index (χ0n) is 12.7. The lowest BCUT2D eigenvalue weighted by Crippen LogP contribution is -2.11. The Labute approximate surface area is 142 Å². The van der Waals surface area contributed by atoms with Crippen LogP contribution in [0, 0.1) is 5.82 Å². The summed E-state index contributed by atoms with van der Waals surface area (Å²) in [7, 11) is 0.362. The van der Waals surface area contributed by atoms with Gasteiger partial charge in [0.25, 0.3) is 5.56 Å². The normalized spacial score (nSPS) is 21.6. The molecule has 1 aliphatic heterocycles. The van der Waals surface area contributed by atoms with Crippen LogP contribution in [-0.4, -0.2) is 26.8 Å². The molecule has 0 radical (unpaired) electrons. The molecule has 3 aromatic rings. The number of pyridine rings is 1. The molecule has 122 valence electrons. The number of fused-ring (bicyclic) bond motifs is 2. The molecule has 24 heavy (non-hydrogen) atoms. The Hall–Kier alpha value is -2.19. The lowest BCUT2D eigenvalue weighted by Gasteiger charge is -2.26. The highest BCUT2D eigenvalue weighted by molar-refractivity contribution is 8.99. The van der Waals surface area contributed by atoms with Crippen molar-refractivity contribution in [1.82, 2.24) is 15.0 Å². The van der Waals surface area contributed by atoms with E-state index in [-0.39, 0.29) is 5.56 Å². The van der Waals surface area contributed by atoms with Crippen molar-refractivity contribution >= 4 is 42.1 Å². The molecule has 1 aliphatic rings. The first-order valence-corrected chi connectivity index (χ1v) is 10.8. The highest BCUT2D eigenvalue weighted by Gasteiger charge is 2.28. The minimum Gasteiger partial charge on any atom is -0.309 e. The summed E-state index contributed by atoms with van der Waals surface area (Å²) < 4.78 is 13.4. The van der Waals surface area contributed by atoms with Crippen molar-refractivity contribution in [3.8, 4) is 0 Å². The maximum Gasteiger partial charge on any atom is 0.258 e. The molecule has 4 rings (SSSR count). The lowest BCUT2D eigenvalue weighted by atomic mass is 10.2. The van der Waals surface area contributed by atoms with Crippen LogP contribution in [-0.2, 0) is 5.75 Å². The molecule has 0 saturated carbocycles. The predicted octanol–water partition coefficient (Wildman–Crippen LogP) is 3.77. The summed E-state index contributed by atoms with van der Waals surface area (Å²) in [6, 6.07) is 7.93. The molecule has 3 heterocycles. The summed E-state index contributed by atoms with van der Waals surface area (Å²) >= 11 is 0. The first kappa shape index (κ1) is 15.3. The highest BCUT2D eigenvalue weighted by Crippen LogP contribution is 2.67. The van der Waals surface area contributed by atoms with Gasteiger partial charge in [0.15, 0.2) is 5.82 Å². The number of benzene rings is 1. The number of nitrogens with zero attached hydrogens (tertiary/aromatic N) is 3. The van der Waals surface area contributed by atoms with E-state index in [2.05, 4.69) is 26.2 Å². The van der Waals surface area contributed by atoms with Gasteiger partial charge in [-0.05, 0) is 30.5 Å². The van der Waals surface area contributed by atoms with Gasteiger partial charge in [0, 0.05) is 17.2 Å². The van der Waals surface area contributed by atoms with E-state index in [0.29, 0.717) is 22.5 Å². The van der Waals surface area contributed by atoms with Crippen molar-refractivity contribution in [1.29, 1.82) is 0 Å². The Bertz CT molecular complexity index is 1040. The Morgan fingerprint density at radius 2 is 2.21 bits per heavy atom. The maximum atomic E-state index is 13.4. The monoisotopic (exact) mass is 360 g/mol. The molecule has 1 N–H and O–H groups in total. The number of halogens is 1. The van der Waals surface area contributed by atoms with E-state index < -0.39 is 14.9 Å². The van der Waals surface area contributed by atoms with E-state index in [4.69, 9.17) is 0 Å². The summed E-state index contributed by atoms with van der Waals surface area (Å²) in [4.78, 5) is 29.1. The molecule has 1 aromatic carbocycles. The van der Waals surface area contributed by atoms with Crippen molar-refractivity contribution in [3.05, 3.63) is 58.5 Å². The second kappa shape index (κ2) is 5.71. The van der Waals surface area contributed by atoms with Gasteiger partial charge >= 0.3 is 0 Å². The summed E-state index contributed by atoms with van der Waals surface area (Å²) in [5.74, 6) is 1.39. The standard InChI is InChI=1S/C16H13FN4OS2/c1-24(9-19-15-13(24)3-2-6-18-15)23-8-14-20-12-7-10(17)4-5-11(12)16(22)21-14/h2-7,9H,8H2,1H3,(H,20,21,22). The minimum atomic E-state index is -1.31. The highest BCUT2D eigenvalue weighted by atomic mass is 33.2. The van der Waals surface area contributed by atoms with Crippen LogP contribution >= 0.6 is 19.9 Å².